The van der Waals surface area contributed by atoms with Crippen molar-refractivity contribution < 1.29 is 24.2 Å². The second kappa shape index (κ2) is 41.2. The number of rotatable bonds is 42. The Bertz CT molecular complexity index is 757. The number of unbranched alkanes of at least 4 members (excludes halogenated alkanes) is 31. The summed E-state index contributed by atoms with van der Waals surface area (Å²) in [6.07, 6.45) is 46.6. The van der Waals surface area contributed by atoms with Crippen LogP contribution >= 0.6 is 0 Å². The first-order valence-electron chi connectivity index (χ1n) is 22.7. The molecule has 0 rings (SSSR count). The zero-order chi connectivity index (χ0) is 37.3. The van der Waals surface area contributed by atoms with Crippen molar-refractivity contribution in [3.05, 3.63) is 0 Å². The number of carbonyl (C=O) groups excluding carboxylic acids is 2. The van der Waals surface area contributed by atoms with Crippen molar-refractivity contribution in [1.29, 1.82) is 0 Å². The van der Waals surface area contributed by atoms with Crippen molar-refractivity contribution in [1.82, 2.24) is 5.32 Å². The molecule has 1 atom stereocenters. The van der Waals surface area contributed by atoms with Crippen molar-refractivity contribution in [2.45, 2.75) is 264 Å². The summed E-state index contributed by atoms with van der Waals surface area (Å²) in [6.45, 7) is 4.25. The molecule has 0 aliphatic rings. The van der Waals surface area contributed by atoms with Gasteiger partial charge in [0.2, 0.25) is 5.91 Å². The Labute approximate surface area is 317 Å². The summed E-state index contributed by atoms with van der Waals surface area (Å²) in [5.74, 6) is -1.21. The van der Waals surface area contributed by atoms with Crippen LogP contribution in [0.1, 0.15) is 258 Å². The third kappa shape index (κ3) is 41.0. The highest BCUT2D eigenvalue weighted by Gasteiger charge is 2.14. The number of hydrogen-bond donors (Lipinski definition) is 2. The lowest BCUT2D eigenvalue weighted by molar-refractivity contribution is -0.150. The molecule has 6 heteroatoms. The predicted octanol–water partition coefficient (Wildman–Crippen LogP) is 14.0. The van der Waals surface area contributed by atoms with Crippen LogP contribution in [0.2, 0.25) is 0 Å². The van der Waals surface area contributed by atoms with Gasteiger partial charge in [0, 0.05) is 12.8 Å². The van der Waals surface area contributed by atoms with Gasteiger partial charge in [0.15, 0.2) is 0 Å². The summed E-state index contributed by atoms with van der Waals surface area (Å²) in [7, 11) is 0. The molecule has 0 aromatic rings. The number of ether oxygens (including phenoxy) is 1. The lowest BCUT2D eigenvalue weighted by atomic mass is 10.0. The molecule has 0 aliphatic carbocycles. The molecule has 302 valence electrons. The van der Waals surface area contributed by atoms with Crippen molar-refractivity contribution in [3.63, 3.8) is 0 Å². The topological polar surface area (TPSA) is 92.7 Å². The molecule has 0 aromatic heterocycles. The van der Waals surface area contributed by atoms with E-state index in [1.165, 1.54) is 167 Å². The molecule has 0 radical (unpaired) electrons. The molecule has 0 heterocycles. The van der Waals surface area contributed by atoms with Crippen LogP contribution in [0.3, 0.4) is 0 Å². The summed E-state index contributed by atoms with van der Waals surface area (Å²) >= 11 is 0. The maximum absolute atomic E-state index is 12.8. The minimum atomic E-state index is -1.01. The van der Waals surface area contributed by atoms with Crippen LogP contribution in [0.4, 0.5) is 0 Å². The summed E-state index contributed by atoms with van der Waals surface area (Å²) in [6, 6.07) is 0. The molecule has 51 heavy (non-hydrogen) atoms. The molecular weight excluding hydrogens is 634 g/mol. The fourth-order valence-corrected chi connectivity index (χ4v) is 7.16. The maximum atomic E-state index is 12.8. The lowest BCUT2D eigenvalue weighted by Gasteiger charge is -2.18. The lowest BCUT2D eigenvalue weighted by Crippen LogP contribution is -2.28. The van der Waals surface area contributed by atoms with Crippen LogP contribution in [-0.4, -0.2) is 35.6 Å². The Morgan fingerprint density at radius 2 is 0.725 bits per heavy atom. The molecule has 1 unspecified atom stereocenters. The number of aliphatic carboxylic acids is 1. The molecule has 0 saturated heterocycles. The third-order valence-corrected chi connectivity index (χ3v) is 10.5. The number of carboxylic acid groups (broad SMARTS) is 1. The molecule has 6 nitrogen and oxygen atoms in total. The van der Waals surface area contributed by atoms with E-state index in [9.17, 15) is 14.4 Å². The van der Waals surface area contributed by atoms with Gasteiger partial charge in [-0.15, -0.1) is 0 Å². The smallest absolute Gasteiger partial charge is 0.322 e. The van der Waals surface area contributed by atoms with E-state index in [-0.39, 0.29) is 24.5 Å². The van der Waals surface area contributed by atoms with E-state index < -0.39 is 5.97 Å². The van der Waals surface area contributed by atoms with E-state index >= 15 is 0 Å². The highest BCUT2D eigenvalue weighted by atomic mass is 16.5. The fraction of sp³-hybridized carbons (Fsp3) is 0.933. The molecule has 0 saturated carbocycles. The Morgan fingerprint density at radius 3 is 1.06 bits per heavy atom. The van der Waals surface area contributed by atoms with Crippen LogP contribution < -0.4 is 5.32 Å². The van der Waals surface area contributed by atoms with Crippen molar-refractivity contribution in [3.8, 4) is 0 Å². The number of amides is 1. The molecule has 2 N–H and O–H groups in total. The molecule has 0 spiro atoms. The van der Waals surface area contributed by atoms with Gasteiger partial charge < -0.3 is 15.2 Å². The average molecular weight is 722 g/mol. The predicted molar refractivity (Wildman–Crippen MR) is 217 cm³/mol. The molecule has 0 aromatic carbocycles. The first-order valence-corrected chi connectivity index (χ1v) is 22.7. The molecule has 0 aliphatic heterocycles. The highest BCUT2D eigenvalue weighted by Crippen LogP contribution is 2.19. The third-order valence-electron chi connectivity index (χ3n) is 10.5. The first kappa shape index (κ1) is 49.4. The van der Waals surface area contributed by atoms with Crippen LogP contribution in [0.5, 0.6) is 0 Å². The van der Waals surface area contributed by atoms with E-state index in [0.717, 1.165) is 64.2 Å². The van der Waals surface area contributed by atoms with E-state index in [1.54, 1.807) is 0 Å². The standard InChI is InChI=1S/C45H87NO5/c1-3-5-7-9-11-13-15-17-19-20-22-24-26-29-33-37-42(38-34-30-28-31-35-39-43(47)46-41-44(48)49)51-45(50)40-36-32-27-25-23-21-18-16-14-12-10-8-6-4-2/h42H,3-41H2,1-2H3,(H,46,47)(H,48,49). The van der Waals surface area contributed by atoms with Crippen molar-refractivity contribution in [2.75, 3.05) is 6.54 Å². The highest BCUT2D eigenvalue weighted by molar-refractivity contribution is 5.80. The van der Waals surface area contributed by atoms with Gasteiger partial charge in [-0.05, 0) is 38.5 Å². The minimum Gasteiger partial charge on any atom is -0.480 e. The second-order valence-corrected chi connectivity index (χ2v) is 15.7. The van der Waals surface area contributed by atoms with E-state index in [0.29, 0.717) is 12.8 Å². The summed E-state index contributed by atoms with van der Waals surface area (Å²) in [5.41, 5.74) is 0. The molecule has 1 amide bonds. The van der Waals surface area contributed by atoms with Gasteiger partial charge in [-0.25, -0.2) is 0 Å². The number of carbonyl (C=O) groups is 3. The van der Waals surface area contributed by atoms with Crippen molar-refractivity contribution in [2.24, 2.45) is 0 Å². The summed E-state index contributed by atoms with van der Waals surface area (Å²) in [4.78, 5) is 35.1. The second-order valence-electron chi connectivity index (χ2n) is 15.7. The van der Waals surface area contributed by atoms with Gasteiger partial charge in [-0.3, -0.25) is 14.4 Å². The van der Waals surface area contributed by atoms with Crippen LogP contribution in [-0.2, 0) is 19.1 Å². The van der Waals surface area contributed by atoms with Gasteiger partial charge in [0.25, 0.3) is 0 Å². The van der Waals surface area contributed by atoms with Gasteiger partial charge >= 0.3 is 11.9 Å². The van der Waals surface area contributed by atoms with Gasteiger partial charge in [0.1, 0.15) is 12.6 Å². The number of hydrogen-bond acceptors (Lipinski definition) is 4. The minimum absolute atomic E-state index is 0.00716. The largest absolute Gasteiger partial charge is 0.480 e. The Balaban J connectivity index is 4.12. The Kier molecular flexibility index (Phi) is 39.9. The van der Waals surface area contributed by atoms with Gasteiger partial charge in [0.05, 0.1) is 0 Å². The normalized spacial score (nSPS) is 11.9. The maximum Gasteiger partial charge on any atom is 0.322 e. The Morgan fingerprint density at radius 1 is 0.431 bits per heavy atom. The number of nitrogens with one attached hydrogen (secondary N) is 1. The van der Waals surface area contributed by atoms with E-state index in [1.807, 2.05) is 0 Å². The van der Waals surface area contributed by atoms with Crippen LogP contribution in [0.15, 0.2) is 0 Å². The number of esters is 1. The quantitative estimate of drug-likeness (QED) is 0.0483. The Hall–Kier alpha value is -1.59. The van der Waals surface area contributed by atoms with E-state index in [2.05, 4.69) is 19.2 Å². The molecule has 0 fully saturated rings. The SMILES string of the molecule is CCCCCCCCCCCCCCCCCC(CCCCCCCC(=O)NCC(=O)O)OC(=O)CCCCCCCCCCCCCCCC. The van der Waals surface area contributed by atoms with Gasteiger partial charge in [-0.2, -0.15) is 0 Å². The number of carboxylic acids is 1. The first-order chi connectivity index (χ1) is 25.0. The zero-order valence-corrected chi connectivity index (χ0v) is 34.2. The van der Waals surface area contributed by atoms with E-state index in [4.69, 9.17) is 9.84 Å². The summed E-state index contributed by atoms with van der Waals surface area (Å²) < 4.78 is 6.05. The van der Waals surface area contributed by atoms with Crippen LogP contribution in [0, 0.1) is 0 Å². The monoisotopic (exact) mass is 722 g/mol. The summed E-state index contributed by atoms with van der Waals surface area (Å²) in [5, 5.41) is 11.1. The van der Waals surface area contributed by atoms with Crippen molar-refractivity contribution >= 4 is 17.8 Å². The fourth-order valence-electron chi connectivity index (χ4n) is 7.16. The molecule has 0 bridgehead atoms. The zero-order valence-electron chi connectivity index (χ0n) is 34.2. The van der Waals surface area contributed by atoms with Gasteiger partial charge in [-0.1, -0.05) is 206 Å². The van der Waals surface area contributed by atoms with Crippen LogP contribution in [0.25, 0.3) is 0 Å². The molecular formula is C45H87NO5. The average Bonchev–Trinajstić information content (AvgIpc) is 3.11.